The minimum Gasteiger partial charge on any atom is -0.482 e. The highest BCUT2D eigenvalue weighted by atomic mass is 32.2. The molecular formula is C25H25N3O6S. The lowest BCUT2D eigenvalue weighted by Gasteiger charge is -2.26. The van der Waals surface area contributed by atoms with Crippen LogP contribution in [-0.2, 0) is 19.1 Å². The molecule has 0 spiro atoms. The number of ether oxygens (including phenoxy) is 3. The van der Waals surface area contributed by atoms with Gasteiger partial charge in [-0.3, -0.25) is 14.5 Å². The van der Waals surface area contributed by atoms with Crippen LogP contribution in [0, 0.1) is 0 Å². The molecule has 2 amide bonds. The highest BCUT2D eigenvalue weighted by Gasteiger charge is 2.30. The molecule has 0 atom stereocenters. The van der Waals surface area contributed by atoms with Gasteiger partial charge in [0.2, 0.25) is 0 Å². The maximum Gasteiger partial charge on any atom is 0.343 e. The maximum absolute atomic E-state index is 12.8. The van der Waals surface area contributed by atoms with Gasteiger partial charge in [-0.15, -0.1) is 0 Å². The molecule has 182 valence electrons. The van der Waals surface area contributed by atoms with E-state index in [-0.39, 0.29) is 18.4 Å². The second kappa shape index (κ2) is 11.2. The summed E-state index contributed by atoms with van der Waals surface area (Å²) in [5.74, 6) is -0.235. The van der Waals surface area contributed by atoms with Crippen molar-refractivity contribution in [2.24, 2.45) is 4.99 Å². The fraction of sp³-hybridized carbons (Fsp3) is 0.280. The summed E-state index contributed by atoms with van der Waals surface area (Å²) in [5, 5.41) is 0.510. The summed E-state index contributed by atoms with van der Waals surface area (Å²) in [6.07, 6.45) is 1.75. The van der Waals surface area contributed by atoms with E-state index in [1.165, 1.54) is 23.8 Å². The van der Waals surface area contributed by atoms with Crippen LogP contribution in [0.25, 0.3) is 6.08 Å². The highest BCUT2D eigenvalue weighted by molar-refractivity contribution is 8.18. The van der Waals surface area contributed by atoms with Gasteiger partial charge in [0.25, 0.3) is 11.8 Å². The zero-order chi connectivity index (χ0) is 24.8. The molecule has 2 aromatic carbocycles. The van der Waals surface area contributed by atoms with Gasteiger partial charge in [0.05, 0.1) is 30.9 Å². The Balaban J connectivity index is 1.50. The Kier molecular flexibility index (Phi) is 7.84. The number of hydrogen-bond acceptors (Lipinski definition) is 8. The Bertz CT molecular complexity index is 1190. The molecule has 2 aliphatic rings. The SMILES string of the molecule is COC(=O)COc1cccc(/C=C2/SC(=Nc3cccc(C(=O)N4CCOCC4)c3)N(C)C2=O)c1. The highest BCUT2D eigenvalue weighted by Crippen LogP contribution is 2.33. The molecule has 2 fully saturated rings. The van der Waals surface area contributed by atoms with Gasteiger partial charge in [0.15, 0.2) is 11.8 Å². The van der Waals surface area contributed by atoms with Crippen LogP contribution >= 0.6 is 11.8 Å². The smallest absolute Gasteiger partial charge is 0.343 e. The molecule has 2 heterocycles. The molecule has 0 saturated carbocycles. The Morgan fingerprint density at radius 1 is 1.14 bits per heavy atom. The average Bonchev–Trinajstić information content (AvgIpc) is 3.15. The van der Waals surface area contributed by atoms with Gasteiger partial charge in [-0.1, -0.05) is 18.2 Å². The van der Waals surface area contributed by atoms with E-state index in [4.69, 9.17) is 9.47 Å². The lowest BCUT2D eigenvalue weighted by Crippen LogP contribution is -2.40. The minimum atomic E-state index is -0.478. The third-order valence-electron chi connectivity index (χ3n) is 5.36. The summed E-state index contributed by atoms with van der Waals surface area (Å²) >= 11 is 1.25. The second-order valence-electron chi connectivity index (χ2n) is 7.76. The average molecular weight is 496 g/mol. The van der Waals surface area contributed by atoms with Crippen molar-refractivity contribution in [1.29, 1.82) is 0 Å². The number of aliphatic imine (C=N–C) groups is 1. The van der Waals surface area contributed by atoms with E-state index in [9.17, 15) is 14.4 Å². The summed E-state index contributed by atoms with van der Waals surface area (Å²) in [5.41, 5.74) is 1.88. The number of carbonyl (C=O) groups is 3. The molecule has 2 aliphatic heterocycles. The number of esters is 1. The lowest BCUT2D eigenvalue weighted by molar-refractivity contribution is -0.142. The number of benzene rings is 2. The Morgan fingerprint density at radius 3 is 2.69 bits per heavy atom. The molecule has 0 aromatic heterocycles. The van der Waals surface area contributed by atoms with Crippen LogP contribution < -0.4 is 4.74 Å². The minimum absolute atomic E-state index is 0.0614. The zero-order valence-corrected chi connectivity index (χ0v) is 20.2. The fourth-order valence-corrected chi connectivity index (χ4v) is 4.45. The van der Waals surface area contributed by atoms with Crippen LogP contribution in [0.15, 0.2) is 58.4 Å². The summed E-state index contributed by atoms with van der Waals surface area (Å²) in [4.78, 5) is 45.3. The van der Waals surface area contributed by atoms with E-state index in [2.05, 4.69) is 9.73 Å². The number of hydrogen-bond donors (Lipinski definition) is 0. The van der Waals surface area contributed by atoms with Crippen LogP contribution in [0.4, 0.5) is 5.69 Å². The van der Waals surface area contributed by atoms with Crippen LogP contribution in [0.5, 0.6) is 5.75 Å². The lowest BCUT2D eigenvalue weighted by atomic mass is 10.1. The Morgan fingerprint density at radius 2 is 1.91 bits per heavy atom. The number of thioether (sulfide) groups is 1. The third-order valence-corrected chi connectivity index (χ3v) is 6.42. The van der Waals surface area contributed by atoms with Crippen molar-refractivity contribution < 1.29 is 28.6 Å². The van der Waals surface area contributed by atoms with Gasteiger partial charge < -0.3 is 19.1 Å². The molecule has 35 heavy (non-hydrogen) atoms. The number of morpholine rings is 1. The van der Waals surface area contributed by atoms with E-state index >= 15 is 0 Å². The third kappa shape index (κ3) is 6.09. The van der Waals surface area contributed by atoms with Crippen LogP contribution in [0.2, 0.25) is 0 Å². The first-order chi connectivity index (χ1) is 16.9. The first kappa shape index (κ1) is 24.5. The second-order valence-corrected chi connectivity index (χ2v) is 8.77. The number of amidine groups is 1. The summed E-state index contributed by atoms with van der Waals surface area (Å²) in [6, 6.07) is 14.1. The monoisotopic (exact) mass is 495 g/mol. The van der Waals surface area contributed by atoms with Crippen molar-refractivity contribution >= 4 is 46.5 Å². The molecule has 0 unspecified atom stereocenters. The van der Waals surface area contributed by atoms with E-state index in [0.29, 0.717) is 53.4 Å². The van der Waals surface area contributed by atoms with Crippen LogP contribution in [-0.4, -0.2) is 79.8 Å². The molecule has 2 aromatic rings. The number of methoxy groups -OCH3 is 1. The summed E-state index contributed by atoms with van der Waals surface area (Å²) < 4.78 is 15.3. The van der Waals surface area contributed by atoms with Gasteiger partial charge in [-0.2, -0.15) is 0 Å². The van der Waals surface area contributed by atoms with E-state index in [0.717, 1.165) is 5.56 Å². The number of carbonyl (C=O) groups excluding carboxylic acids is 3. The van der Waals surface area contributed by atoms with Crippen LogP contribution in [0.3, 0.4) is 0 Å². The van der Waals surface area contributed by atoms with Crippen molar-refractivity contribution in [3.05, 3.63) is 64.6 Å². The fourth-order valence-electron chi connectivity index (χ4n) is 3.47. The van der Waals surface area contributed by atoms with E-state index in [1.54, 1.807) is 60.5 Å². The molecule has 4 rings (SSSR count). The zero-order valence-electron chi connectivity index (χ0n) is 19.4. The topological polar surface area (TPSA) is 97.7 Å². The van der Waals surface area contributed by atoms with Crippen molar-refractivity contribution in [1.82, 2.24) is 9.80 Å². The molecule has 0 bridgehead atoms. The van der Waals surface area contributed by atoms with Gasteiger partial charge in [-0.25, -0.2) is 9.79 Å². The standard InChI is InChI=1S/C25H25N3O6S/c1-27-24(31)21(14-17-5-3-8-20(13-17)34-16-22(29)32-2)35-25(27)26-19-7-4-6-18(15-19)23(30)28-9-11-33-12-10-28/h3-8,13-15H,9-12,16H2,1-2H3/b21-14+,26-25?. The number of amides is 2. The number of nitrogens with zero attached hydrogens (tertiary/aromatic N) is 3. The molecule has 9 nitrogen and oxygen atoms in total. The number of likely N-dealkylation sites (N-methyl/N-ethyl adjacent to an activating group) is 1. The van der Waals surface area contributed by atoms with Gasteiger partial charge in [0, 0.05) is 25.7 Å². The predicted molar refractivity (Wildman–Crippen MR) is 133 cm³/mol. The summed E-state index contributed by atoms with van der Waals surface area (Å²) in [6.45, 7) is 2.00. The largest absolute Gasteiger partial charge is 0.482 e. The molecular weight excluding hydrogens is 470 g/mol. The van der Waals surface area contributed by atoms with E-state index in [1.807, 2.05) is 6.07 Å². The van der Waals surface area contributed by atoms with Gasteiger partial charge in [-0.05, 0) is 53.7 Å². The Labute approximate surface area is 207 Å². The van der Waals surface area contributed by atoms with Crippen molar-refractivity contribution in [3.63, 3.8) is 0 Å². The normalized spacial score (nSPS) is 18.3. The molecule has 0 radical (unpaired) electrons. The summed E-state index contributed by atoms with van der Waals surface area (Å²) in [7, 11) is 2.96. The first-order valence-corrected chi connectivity index (χ1v) is 11.8. The van der Waals surface area contributed by atoms with Crippen molar-refractivity contribution in [2.75, 3.05) is 47.1 Å². The Hall–Kier alpha value is -3.63. The molecule has 0 aliphatic carbocycles. The molecule has 0 N–H and O–H groups in total. The molecule has 2 saturated heterocycles. The van der Waals surface area contributed by atoms with Gasteiger partial charge in [0.1, 0.15) is 5.75 Å². The first-order valence-electron chi connectivity index (χ1n) is 11.0. The van der Waals surface area contributed by atoms with Crippen LogP contribution in [0.1, 0.15) is 15.9 Å². The van der Waals surface area contributed by atoms with Gasteiger partial charge >= 0.3 is 5.97 Å². The van der Waals surface area contributed by atoms with E-state index < -0.39 is 5.97 Å². The van der Waals surface area contributed by atoms with Crippen molar-refractivity contribution in [3.8, 4) is 5.75 Å². The van der Waals surface area contributed by atoms with Crippen molar-refractivity contribution in [2.45, 2.75) is 0 Å². The predicted octanol–water partition coefficient (Wildman–Crippen LogP) is 2.94. The molecule has 10 heteroatoms. The maximum atomic E-state index is 12.8. The quantitative estimate of drug-likeness (QED) is 0.449. The number of rotatable bonds is 6.